The van der Waals surface area contributed by atoms with E-state index in [1.807, 2.05) is 24.3 Å². The van der Waals surface area contributed by atoms with Crippen LogP contribution in [-0.4, -0.2) is 22.8 Å². The molecule has 18 heavy (non-hydrogen) atoms. The largest absolute Gasteiger partial charge is 0.393 e. The molecule has 2 atom stereocenters. The number of fused-ring (bicyclic) bond motifs is 1. The van der Waals surface area contributed by atoms with Crippen molar-refractivity contribution in [1.29, 1.82) is 0 Å². The van der Waals surface area contributed by atoms with Crippen molar-refractivity contribution in [2.75, 3.05) is 6.61 Å². The molecule has 1 aliphatic rings. The first-order valence-corrected chi connectivity index (χ1v) is 6.88. The number of ether oxygens (including phenoxy) is 1. The maximum absolute atomic E-state index is 9.76. The molecule has 0 aliphatic carbocycles. The maximum Gasteiger partial charge on any atom is 0.0870 e. The van der Waals surface area contributed by atoms with Crippen molar-refractivity contribution in [1.82, 2.24) is 4.98 Å². The van der Waals surface area contributed by atoms with Crippen molar-refractivity contribution < 1.29 is 9.84 Å². The summed E-state index contributed by atoms with van der Waals surface area (Å²) in [5.41, 5.74) is 2.01. The molecule has 0 saturated carbocycles. The molecule has 0 amide bonds. The molecule has 4 heteroatoms. The van der Waals surface area contributed by atoms with Crippen LogP contribution in [0.2, 0.25) is 0 Å². The fourth-order valence-corrected chi connectivity index (χ4v) is 2.87. The lowest BCUT2D eigenvalue weighted by atomic mass is 9.97. The molecule has 1 N–H and O–H groups in total. The molecule has 2 aromatic rings. The van der Waals surface area contributed by atoms with Crippen LogP contribution in [0.4, 0.5) is 0 Å². The number of benzene rings is 1. The summed E-state index contributed by atoms with van der Waals surface area (Å²) in [5, 5.41) is 10.8. The molecule has 1 aliphatic heterocycles. The van der Waals surface area contributed by atoms with Gasteiger partial charge in [0.1, 0.15) is 0 Å². The number of aliphatic hydroxyl groups excluding tert-OH is 1. The zero-order valence-electron chi connectivity index (χ0n) is 9.84. The first-order chi connectivity index (χ1) is 8.75. The zero-order chi connectivity index (χ0) is 12.5. The van der Waals surface area contributed by atoms with Gasteiger partial charge in [0, 0.05) is 34.6 Å². The van der Waals surface area contributed by atoms with Gasteiger partial charge in [-0.15, -0.1) is 0 Å². The smallest absolute Gasteiger partial charge is 0.0870 e. The van der Waals surface area contributed by atoms with E-state index >= 15 is 0 Å². The quantitative estimate of drug-likeness (QED) is 0.879. The lowest BCUT2D eigenvalue weighted by Gasteiger charge is -2.27. The highest BCUT2D eigenvalue weighted by molar-refractivity contribution is 9.10. The van der Waals surface area contributed by atoms with Crippen LogP contribution in [0.25, 0.3) is 10.9 Å². The summed E-state index contributed by atoms with van der Waals surface area (Å²) in [6.45, 7) is 0.607. The topological polar surface area (TPSA) is 42.4 Å². The minimum absolute atomic E-state index is 0.0563. The molecule has 0 spiro atoms. The molecule has 1 aromatic heterocycles. The summed E-state index contributed by atoms with van der Waals surface area (Å²) in [5.74, 6) is 0. The Hall–Kier alpha value is -0.970. The third kappa shape index (κ3) is 2.16. The van der Waals surface area contributed by atoms with E-state index in [1.54, 1.807) is 6.20 Å². The first-order valence-electron chi connectivity index (χ1n) is 6.08. The number of nitrogens with zero attached hydrogens (tertiary/aromatic N) is 1. The van der Waals surface area contributed by atoms with E-state index in [2.05, 4.69) is 20.9 Å². The van der Waals surface area contributed by atoms with Crippen LogP contribution in [0.3, 0.4) is 0 Å². The average Bonchev–Trinajstić information content (AvgIpc) is 2.39. The Kier molecular flexibility index (Phi) is 3.33. The molecule has 0 radical (unpaired) electrons. The molecule has 1 saturated heterocycles. The van der Waals surface area contributed by atoms with E-state index in [-0.39, 0.29) is 12.2 Å². The van der Waals surface area contributed by atoms with Gasteiger partial charge in [-0.3, -0.25) is 4.98 Å². The number of halogens is 1. The van der Waals surface area contributed by atoms with E-state index in [0.29, 0.717) is 13.0 Å². The van der Waals surface area contributed by atoms with Crippen LogP contribution in [0.1, 0.15) is 24.5 Å². The van der Waals surface area contributed by atoms with Crippen molar-refractivity contribution >= 4 is 26.8 Å². The maximum atomic E-state index is 9.76. The predicted molar refractivity (Wildman–Crippen MR) is 73.4 cm³/mol. The summed E-state index contributed by atoms with van der Waals surface area (Å²) in [6.07, 6.45) is 2.83. The van der Waals surface area contributed by atoms with Gasteiger partial charge in [0.25, 0.3) is 0 Å². The van der Waals surface area contributed by atoms with Crippen LogP contribution in [0.5, 0.6) is 0 Å². The predicted octanol–water partition coefficient (Wildman–Crippen LogP) is 3.21. The lowest BCUT2D eigenvalue weighted by Crippen LogP contribution is -2.23. The van der Waals surface area contributed by atoms with E-state index in [1.165, 1.54) is 0 Å². The Morgan fingerprint density at radius 2 is 2.22 bits per heavy atom. The first kappa shape index (κ1) is 12.1. The third-order valence-electron chi connectivity index (χ3n) is 3.35. The monoisotopic (exact) mass is 307 g/mol. The van der Waals surface area contributed by atoms with Gasteiger partial charge in [-0.2, -0.15) is 0 Å². The van der Waals surface area contributed by atoms with Gasteiger partial charge in [-0.25, -0.2) is 0 Å². The molecule has 1 fully saturated rings. The minimum atomic E-state index is -0.272. The second-order valence-corrected chi connectivity index (χ2v) is 5.43. The van der Waals surface area contributed by atoms with E-state index in [4.69, 9.17) is 4.74 Å². The number of aliphatic hydroxyl groups is 1. The lowest BCUT2D eigenvalue weighted by molar-refractivity contribution is -0.0442. The fourth-order valence-electron chi connectivity index (χ4n) is 2.42. The summed E-state index contributed by atoms with van der Waals surface area (Å²) < 4.78 is 6.80. The van der Waals surface area contributed by atoms with Gasteiger partial charge in [0.05, 0.1) is 17.7 Å². The number of pyridine rings is 1. The van der Waals surface area contributed by atoms with Crippen LogP contribution in [-0.2, 0) is 4.74 Å². The second-order valence-electron chi connectivity index (χ2n) is 4.57. The average molecular weight is 308 g/mol. The summed E-state index contributed by atoms with van der Waals surface area (Å²) in [4.78, 5) is 4.45. The fraction of sp³-hybridized carbons (Fsp3) is 0.357. The van der Waals surface area contributed by atoms with Gasteiger partial charge in [-0.1, -0.05) is 28.1 Å². The molecule has 1 aromatic carbocycles. The Morgan fingerprint density at radius 3 is 3.06 bits per heavy atom. The van der Waals surface area contributed by atoms with E-state index in [0.717, 1.165) is 27.4 Å². The highest BCUT2D eigenvalue weighted by Crippen LogP contribution is 2.34. The molecule has 0 bridgehead atoms. The SMILES string of the molecule is OC1CCOC(c2ccc(Br)c3cccnc23)C1. The summed E-state index contributed by atoms with van der Waals surface area (Å²) in [6, 6.07) is 8.01. The van der Waals surface area contributed by atoms with E-state index < -0.39 is 0 Å². The van der Waals surface area contributed by atoms with Crippen molar-refractivity contribution in [2.24, 2.45) is 0 Å². The molecule has 2 heterocycles. The van der Waals surface area contributed by atoms with Crippen LogP contribution in [0, 0.1) is 0 Å². The molecule has 94 valence electrons. The third-order valence-corrected chi connectivity index (χ3v) is 4.04. The molecule has 2 unspecified atom stereocenters. The summed E-state index contributed by atoms with van der Waals surface area (Å²) >= 11 is 3.54. The standard InChI is InChI=1S/C14H14BrNO2/c15-12-4-3-11(13-8-9(17)5-7-18-13)14-10(12)2-1-6-16-14/h1-4,6,9,13,17H,5,7-8H2. The van der Waals surface area contributed by atoms with Crippen molar-refractivity contribution in [2.45, 2.75) is 25.0 Å². The van der Waals surface area contributed by atoms with Crippen molar-refractivity contribution in [3.8, 4) is 0 Å². The number of hydrogen-bond acceptors (Lipinski definition) is 3. The Labute approximate surface area is 114 Å². The molecule has 3 nitrogen and oxygen atoms in total. The normalized spacial score (nSPS) is 24.3. The summed E-state index contributed by atoms with van der Waals surface area (Å²) in [7, 11) is 0. The highest BCUT2D eigenvalue weighted by Gasteiger charge is 2.24. The Balaban J connectivity index is 2.09. The zero-order valence-corrected chi connectivity index (χ0v) is 11.4. The van der Waals surface area contributed by atoms with Gasteiger partial charge in [0.2, 0.25) is 0 Å². The Bertz CT molecular complexity index is 573. The van der Waals surface area contributed by atoms with Gasteiger partial charge in [-0.05, 0) is 18.6 Å². The highest BCUT2D eigenvalue weighted by atomic mass is 79.9. The van der Waals surface area contributed by atoms with Crippen LogP contribution in [0.15, 0.2) is 34.9 Å². The van der Waals surface area contributed by atoms with Gasteiger partial charge >= 0.3 is 0 Å². The number of aromatic nitrogens is 1. The Morgan fingerprint density at radius 1 is 1.33 bits per heavy atom. The van der Waals surface area contributed by atoms with Gasteiger partial charge < -0.3 is 9.84 Å². The van der Waals surface area contributed by atoms with Gasteiger partial charge in [0.15, 0.2) is 0 Å². The molecular weight excluding hydrogens is 294 g/mol. The number of rotatable bonds is 1. The molecular formula is C14H14BrNO2. The van der Waals surface area contributed by atoms with Crippen molar-refractivity contribution in [3.05, 3.63) is 40.5 Å². The van der Waals surface area contributed by atoms with Crippen LogP contribution < -0.4 is 0 Å². The molecule has 3 rings (SSSR count). The second kappa shape index (κ2) is 4.96. The van der Waals surface area contributed by atoms with Crippen LogP contribution >= 0.6 is 15.9 Å². The number of hydrogen-bond donors (Lipinski definition) is 1. The van der Waals surface area contributed by atoms with E-state index in [9.17, 15) is 5.11 Å². The van der Waals surface area contributed by atoms with Crippen molar-refractivity contribution in [3.63, 3.8) is 0 Å². The minimum Gasteiger partial charge on any atom is -0.393 e.